The molecular formula is C33H42N8O. The predicted octanol–water partition coefficient (Wildman–Crippen LogP) is 4.95. The van der Waals surface area contributed by atoms with Crippen molar-refractivity contribution in [2.45, 2.75) is 94.7 Å². The number of hydrogen-bond acceptors (Lipinski definition) is 6. The zero-order valence-electron chi connectivity index (χ0n) is 25.0. The molecule has 0 spiro atoms. The Labute approximate surface area is 247 Å². The first-order chi connectivity index (χ1) is 20.4. The van der Waals surface area contributed by atoms with Gasteiger partial charge in [-0.15, -0.1) is 10.2 Å². The van der Waals surface area contributed by atoms with Crippen LogP contribution in [0.25, 0.3) is 11.0 Å². The van der Waals surface area contributed by atoms with Gasteiger partial charge in [-0.2, -0.15) is 5.21 Å². The van der Waals surface area contributed by atoms with Crippen LogP contribution < -0.4 is 0 Å². The molecule has 0 saturated carbocycles. The number of carbonyl (C=O) groups excluding carboxylic acids is 1. The summed E-state index contributed by atoms with van der Waals surface area (Å²) in [5.74, 6) is 1.67. The van der Waals surface area contributed by atoms with Crippen LogP contribution in [-0.2, 0) is 15.6 Å². The van der Waals surface area contributed by atoms with Gasteiger partial charge >= 0.3 is 0 Å². The minimum absolute atomic E-state index is 0.0712. The van der Waals surface area contributed by atoms with Crippen LogP contribution in [0.4, 0.5) is 0 Å². The SMILES string of the molecule is Cc1nc2ccccc2n1C1C[C@H]2CC[C@@H](C1)N2CCC1(c2ccccc2)CCN(C(=O)C(C)(C)c2nn[nH]n2)CC1. The van der Waals surface area contributed by atoms with Gasteiger partial charge in [-0.3, -0.25) is 9.69 Å². The predicted molar refractivity (Wildman–Crippen MR) is 162 cm³/mol. The third-order valence-electron chi connectivity index (χ3n) is 10.7. The lowest BCUT2D eigenvalue weighted by atomic mass is 9.70. The molecule has 2 aromatic heterocycles. The number of tetrazole rings is 1. The minimum Gasteiger partial charge on any atom is -0.342 e. The summed E-state index contributed by atoms with van der Waals surface area (Å²) in [5, 5.41) is 14.4. The van der Waals surface area contributed by atoms with Crippen molar-refractivity contribution in [1.29, 1.82) is 0 Å². The highest BCUT2D eigenvalue weighted by molar-refractivity contribution is 5.86. The molecule has 3 aliphatic heterocycles. The molecule has 1 N–H and O–H groups in total. The molecule has 3 fully saturated rings. The molecule has 9 nitrogen and oxygen atoms in total. The van der Waals surface area contributed by atoms with Crippen LogP contribution in [0.5, 0.6) is 0 Å². The van der Waals surface area contributed by atoms with E-state index >= 15 is 0 Å². The summed E-state index contributed by atoms with van der Waals surface area (Å²) in [7, 11) is 0. The summed E-state index contributed by atoms with van der Waals surface area (Å²) in [4.78, 5) is 23.3. The smallest absolute Gasteiger partial charge is 0.236 e. The molecular weight excluding hydrogens is 524 g/mol. The van der Waals surface area contributed by atoms with Crippen LogP contribution in [-0.4, -0.2) is 77.6 Å². The highest BCUT2D eigenvalue weighted by atomic mass is 16.2. The Morgan fingerprint density at radius 1 is 0.976 bits per heavy atom. The van der Waals surface area contributed by atoms with Crippen LogP contribution in [0.15, 0.2) is 54.6 Å². The van der Waals surface area contributed by atoms with Gasteiger partial charge < -0.3 is 9.47 Å². The monoisotopic (exact) mass is 566 g/mol. The molecule has 3 atom stereocenters. The summed E-state index contributed by atoms with van der Waals surface area (Å²) in [6, 6.07) is 21.4. The van der Waals surface area contributed by atoms with E-state index in [1.54, 1.807) is 0 Å². The number of nitrogens with zero attached hydrogens (tertiary/aromatic N) is 7. The maximum atomic E-state index is 13.6. The molecule has 4 aromatic rings. The van der Waals surface area contributed by atoms with Crippen molar-refractivity contribution < 1.29 is 4.79 Å². The van der Waals surface area contributed by atoms with Gasteiger partial charge in [-0.25, -0.2) is 4.98 Å². The Morgan fingerprint density at radius 3 is 2.36 bits per heavy atom. The number of carbonyl (C=O) groups is 1. The third-order valence-corrected chi connectivity index (χ3v) is 10.7. The molecule has 1 amide bonds. The standard InChI is InChI=1S/C33H42N8O/c1-23-34-28-11-7-8-12-29(28)41(23)27-21-25-13-14-26(22-27)40(25)20-17-33(24-9-5-4-6-10-24)15-18-39(19-16-33)31(42)32(2,3)30-35-37-38-36-30/h4-12,25-27H,13-22H2,1-3H3,(H,35,36,37,38)/t25-,26+,27?. The fourth-order valence-corrected chi connectivity index (χ4v) is 8.32. The number of aromatic nitrogens is 6. The highest BCUT2D eigenvalue weighted by Crippen LogP contribution is 2.45. The van der Waals surface area contributed by atoms with Crippen molar-refractivity contribution in [3.63, 3.8) is 0 Å². The van der Waals surface area contributed by atoms with Gasteiger partial charge in [0.05, 0.1) is 11.0 Å². The van der Waals surface area contributed by atoms with E-state index in [1.165, 1.54) is 36.8 Å². The summed E-state index contributed by atoms with van der Waals surface area (Å²) in [5.41, 5.74) is 3.07. The third kappa shape index (κ3) is 4.62. The number of fused-ring (bicyclic) bond motifs is 3. The molecule has 2 aromatic carbocycles. The van der Waals surface area contributed by atoms with E-state index in [1.807, 2.05) is 18.7 Å². The normalized spacial score (nSPS) is 24.4. The molecule has 5 heterocycles. The number of aryl methyl sites for hydroxylation is 1. The number of piperidine rings is 2. The molecule has 9 heteroatoms. The van der Waals surface area contributed by atoms with Gasteiger partial charge in [0.2, 0.25) is 5.91 Å². The topological polar surface area (TPSA) is 95.8 Å². The molecule has 2 bridgehead atoms. The number of benzene rings is 2. The summed E-state index contributed by atoms with van der Waals surface area (Å²) in [6.45, 7) is 8.56. The Kier molecular flexibility index (Phi) is 6.88. The first kappa shape index (κ1) is 27.3. The second kappa shape index (κ2) is 10.6. The van der Waals surface area contributed by atoms with E-state index in [9.17, 15) is 4.79 Å². The average Bonchev–Trinajstić information content (AvgIpc) is 3.73. The van der Waals surface area contributed by atoms with Gasteiger partial charge in [-0.1, -0.05) is 47.7 Å². The lowest BCUT2D eigenvalue weighted by molar-refractivity contribution is -0.138. The van der Waals surface area contributed by atoms with Crippen molar-refractivity contribution in [3.8, 4) is 0 Å². The molecule has 3 saturated heterocycles. The van der Waals surface area contributed by atoms with Gasteiger partial charge in [-0.05, 0) is 95.4 Å². The largest absolute Gasteiger partial charge is 0.342 e. The molecule has 7 rings (SSSR count). The molecule has 0 radical (unpaired) electrons. The number of amides is 1. The zero-order chi connectivity index (χ0) is 28.9. The van der Waals surface area contributed by atoms with Crippen LogP contribution in [0.3, 0.4) is 0 Å². The molecule has 42 heavy (non-hydrogen) atoms. The van der Waals surface area contributed by atoms with E-state index in [2.05, 4.69) is 91.6 Å². The van der Waals surface area contributed by atoms with Gasteiger partial charge in [0, 0.05) is 31.2 Å². The minimum atomic E-state index is -0.803. The maximum Gasteiger partial charge on any atom is 0.236 e. The van der Waals surface area contributed by atoms with E-state index in [-0.39, 0.29) is 11.3 Å². The Bertz CT molecular complexity index is 1520. The first-order valence-electron chi connectivity index (χ1n) is 15.6. The van der Waals surface area contributed by atoms with E-state index in [0.717, 1.165) is 50.2 Å². The summed E-state index contributed by atoms with van der Waals surface area (Å²) in [6.07, 6.45) is 8.04. The van der Waals surface area contributed by atoms with Crippen molar-refractivity contribution >= 4 is 16.9 Å². The highest BCUT2D eigenvalue weighted by Gasteiger charge is 2.45. The van der Waals surface area contributed by atoms with Gasteiger partial charge in [0.25, 0.3) is 0 Å². The lowest BCUT2D eigenvalue weighted by Gasteiger charge is -2.46. The second-order valence-electron chi connectivity index (χ2n) is 13.3. The van der Waals surface area contributed by atoms with E-state index in [0.29, 0.717) is 23.9 Å². The number of para-hydroxylation sites is 2. The lowest BCUT2D eigenvalue weighted by Crippen LogP contribution is -2.52. The van der Waals surface area contributed by atoms with E-state index < -0.39 is 5.41 Å². The number of rotatable bonds is 7. The molecule has 3 aliphatic rings. The number of nitrogens with one attached hydrogen (secondary N) is 1. The van der Waals surface area contributed by atoms with Crippen LogP contribution >= 0.6 is 0 Å². The fraction of sp³-hybridized carbons (Fsp3) is 0.545. The molecule has 1 unspecified atom stereocenters. The van der Waals surface area contributed by atoms with Crippen LogP contribution in [0.2, 0.25) is 0 Å². The molecule has 0 aliphatic carbocycles. The van der Waals surface area contributed by atoms with Crippen molar-refractivity contribution in [2.24, 2.45) is 0 Å². The average molecular weight is 567 g/mol. The number of likely N-dealkylation sites (tertiary alicyclic amines) is 1. The Balaban J connectivity index is 1.06. The van der Waals surface area contributed by atoms with Crippen LogP contribution in [0, 0.1) is 6.92 Å². The quantitative estimate of drug-likeness (QED) is 0.340. The van der Waals surface area contributed by atoms with Crippen molar-refractivity contribution in [2.75, 3.05) is 19.6 Å². The Morgan fingerprint density at radius 2 is 1.67 bits per heavy atom. The number of hydrogen-bond donors (Lipinski definition) is 1. The molecule has 220 valence electrons. The number of imidazole rings is 1. The summed E-state index contributed by atoms with van der Waals surface area (Å²) < 4.78 is 2.52. The van der Waals surface area contributed by atoms with Gasteiger partial charge in [0.15, 0.2) is 5.82 Å². The number of aromatic amines is 1. The maximum absolute atomic E-state index is 13.6. The zero-order valence-corrected chi connectivity index (χ0v) is 25.0. The first-order valence-corrected chi connectivity index (χ1v) is 15.6. The van der Waals surface area contributed by atoms with Crippen molar-refractivity contribution in [1.82, 2.24) is 40.0 Å². The second-order valence-corrected chi connectivity index (χ2v) is 13.3. The number of H-pyrrole nitrogens is 1. The van der Waals surface area contributed by atoms with E-state index in [4.69, 9.17) is 4.98 Å². The van der Waals surface area contributed by atoms with Crippen LogP contribution in [0.1, 0.15) is 82.0 Å². The van der Waals surface area contributed by atoms with Gasteiger partial charge in [0.1, 0.15) is 11.2 Å². The summed E-state index contributed by atoms with van der Waals surface area (Å²) >= 11 is 0. The Hall–Kier alpha value is -3.59. The van der Waals surface area contributed by atoms with Crippen molar-refractivity contribution in [3.05, 3.63) is 71.8 Å². The fourth-order valence-electron chi connectivity index (χ4n) is 8.32.